The molecule has 4 nitrogen and oxygen atoms in total. The molecule has 1 aromatic heterocycles. The van der Waals surface area contributed by atoms with Gasteiger partial charge in [0.05, 0.1) is 18.2 Å². The standard InChI is InChI=1S/C15H25N3O/c1-3-8-18-9-7-17-15(18)14(16-4-2)12-10-11-5-6-13(12)19-11/h7,9,11-14,16H,3-6,8,10H2,1-2H3. The summed E-state index contributed by atoms with van der Waals surface area (Å²) in [5.41, 5.74) is 0. The average Bonchev–Trinajstić information content (AvgIpc) is 3.12. The molecule has 2 aliphatic heterocycles. The van der Waals surface area contributed by atoms with Crippen LogP contribution < -0.4 is 5.32 Å². The first-order chi connectivity index (χ1) is 9.33. The van der Waals surface area contributed by atoms with Gasteiger partial charge in [-0.1, -0.05) is 13.8 Å². The Kier molecular flexibility index (Phi) is 3.89. The number of imidazole rings is 1. The Hall–Kier alpha value is -0.870. The van der Waals surface area contributed by atoms with Gasteiger partial charge in [-0.25, -0.2) is 4.98 Å². The molecule has 2 saturated heterocycles. The van der Waals surface area contributed by atoms with Crippen molar-refractivity contribution in [3.05, 3.63) is 18.2 Å². The van der Waals surface area contributed by atoms with E-state index in [1.807, 2.05) is 6.20 Å². The maximum Gasteiger partial charge on any atom is 0.126 e. The van der Waals surface area contributed by atoms with Gasteiger partial charge in [0.15, 0.2) is 0 Å². The minimum atomic E-state index is 0.349. The van der Waals surface area contributed by atoms with E-state index >= 15 is 0 Å². The molecule has 0 radical (unpaired) electrons. The molecule has 1 N–H and O–H groups in total. The molecule has 4 unspecified atom stereocenters. The van der Waals surface area contributed by atoms with Gasteiger partial charge >= 0.3 is 0 Å². The van der Waals surface area contributed by atoms with Crippen LogP contribution in [0.2, 0.25) is 0 Å². The zero-order valence-corrected chi connectivity index (χ0v) is 12.0. The van der Waals surface area contributed by atoms with Crippen molar-refractivity contribution in [2.24, 2.45) is 5.92 Å². The third-order valence-corrected chi connectivity index (χ3v) is 4.50. The third-order valence-electron chi connectivity index (χ3n) is 4.50. The molecule has 3 rings (SSSR count). The van der Waals surface area contributed by atoms with Crippen molar-refractivity contribution < 1.29 is 4.74 Å². The largest absolute Gasteiger partial charge is 0.375 e. The minimum Gasteiger partial charge on any atom is -0.375 e. The molecule has 0 spiro atoms. The van der Waals surface area contributed by atoms with Crippen molar-refractivity contribution in [2.45, 2.75) is 64.3 Å². The van der Waals surface area contributed by atoms with Gasteiger partial charge in [0.1, 0.15) is 5.82 Å². The van der Waals surface area contributed by atoms with Crippen LogP contribution in [-0.2, 0) is 11.3 Å². The van der Waals surface area contributed by atoms with E-state index < -0.39 is 0 Å². The Morgan fingerprint density at radius 3 is 3.00 bits per heavy atom. The summed E-state index contributed by atoms with van der Waals surface area (Å²) in [4.78, 5) is 4.63. The highest BCUT2D eigenvalue weighted by molar-refractivity contribution is 5.06. The summed E-state index contributed by atoms with van der Waals surface area (Å²) in [5, 5.41) is 3.65. The fourth-order valence-electron chi connectivity index (χ4n) is 3.71. The summed E-state index contributed by atoms with van der Waals surface area (Å²) >= 11 is 0. The van der Waals surface area contributed by atoms with Crippen LogP contribution in [0, 0.1) is 5.92 Å². The predicted octanol–water partition coefficient (Wildman–Crippen LogP) is 2.51. The Morgan fingerprint density at radius 1 is 1.47 bits per heavy atom. The maximum atomic E-state index is 6.03. The van der Waals surface area contributed by atoms with E-state index in [4.69, 9.17) is 4.74 Å². The molecule has 0 amide bonds. The molecule has 19 heavy (non-hydrogen) atoms. The molecular formula is C15H25N3O. The second kappa shape index (κ2) is 5.63. The van der Waals surface area contributed by atoms with Crippen molar-refractivity contribution in [1.29, 1.82) is 0 Å². The van der Waals surface area contributed by atoms with Gasteiger partial charge in [0.25, 0.3) is 0 Å². The summed E-state index contributed by atoms with van der Waals surface area (Å²) in [5.74, 6) is 1.79. The van der Waals surface area contributed by atoms with E-state index in [0.717, 1.165) is 19.5 Å². The first-order valence-corrected chi connectivity index (χ1v) is 7.73. The normalized spacial score (nSPS) is 30.9. The van der Waals surface area contributed by atoms with Crippen LogP contribution in [0.25, 0.3) is 0 Å². The quantitative estimate of drug-likeness (QED) is 0.857. The summed E-state index contributed by atoms with van der Waals surface area (Å²) in [6.45, 7) is 6.43. The van der Waals surface area contributed by atoms with E-state index in [-0.39, 0.29) is 0 Å². The number of fused-ring (bicyclic) bond motifs is 2. The summed E-state index contributed by atoms with van der Waals surface area (Å²) < 4.78 is 8.34. The highest BCUT2D eigenvalue weighted by Gasteiger charge is 2.45. The van der Waals surface area contributed by atoms with Gasteiger partial charge in [-0.3, -0.25) is 0 Å². The zero-order chi connectivity index (χ0) is 13.2. The molecule has 0 aliphatic carbocycles. The fourth-order valence-corrected chi connectivity index (χ4v) is 3.71. The van der Waals surface area contributed by atoms with Crippen molar-refractivity contribution in [3.8, 4) is 0 Å². The molecular weight excluding hydrogens is 238 g/mol. The van der Waals surface area contributed by atoms with Gasteiger partial charge in [-0.2, -0.15) is 0 Å². The van der Waals surface area contributed by atoms with Gasteiger partial charge in [0, 0.05) is 24.9 Å². The Bertz CT molecular complexity index is 417. The number of aromatic nitrogens is 2. The lowest BCUT2D eigenvalue weighted by atomic mass is 9.83. The van der Waals surface area contributed by atoms with Crippen molar-refractivity contribution in [1.82, 2.24) is 14.9 Å². The smallest absolute Gasteiger partial charge is 0.126 e. The number of nitrogens with zero attached hydrogens (tertiary/aromatic N) is 2. The monoisotopic (exact) mass is 263 g/mol. The second-order valence-electron chi connectivity index (χ2n) is 5.79. The summed E-state index contributed by atoms with van der Waals surface area (Å²) in [6.07, 6.45) is 9.82. The topological polar surface area (TPSA) is 39.1 Å². The number of hydrogen-bond donors (Lipinski definition) is 1. The fraction of sp³-hybridized carbons (Fsp3) is 0.800. The summed E-state index contributed by atoms with van der Waals surface area (Å²) in [7, 11) is 0. The number of aryl methyl sites for hydroxylation is 1. The van der Waals surface area contributed by atoms with Crippen LogP contribution in [0.15, 0.2) is 12.4 Å². The molecule has 2 fully saturated rings. The zero-order valence-electron chi connectivity index (χ0n) is 12.0. The second-order valence-corrected chi connectivity index (χ2v) is 5.79. The molecule has 4 atom stereocenters. The van der Waals surface area contributed by atoms with Crippen LogP contribution >= 0.6 is 0 Å². The number of hydrogen-bond acceptors (Lipinski definition) is 3. The Morgan fingerprint density at radius 2 is 2.37 bits per heavy atom. The van der Waals surface area contributed by atoms with Crippen molar-refractivity contribution in [2.75, 3.05) is 6.54 Å². The van der Waals surface area contributed by atoms with E-state index in [0.29, 0.717) is 24.2 Å². The van der Waals surface area contributed by atoms with Crippen molar-refractivity contribution >= 4 is 0 Å². The highest BCUT2D eigenvalue weighted by Crippen LogP contribution is 2.44. The molecule has 4 heteroatoms. The van der Waals surface area contributed by atoms with E-state index in [1.165, 1.54) is 25.1 Å². The lowest BCUT2D eigenvalue weighted by Crippen LogP contribution is -2.35. The van der Waals surface area contributed by atoms with Gasteiger partial charge in [0.2, 0.25) is 0 Å². The molecule has 3 heterocycles. The molecule has 106 valence electrons. The predicted molar refractivity (Wildman–Crippen MR) is 74.9 cm³/mol. The van der Waals surface area contributed by atoms with Crippen molar-refractivity contribution in [3.63, 3.8) is 0 Å². The lowest BCUT2D eigenvalue weighted by molar-refractivity contribution is 0.0848. The maximum absolute atomic E-state index is 6.03. The van der Waals surface area contributed by atoms with E-state index in [9.17, 15) is 0 Å². The van der Waals surface area contributed by atoms with Crippen LogP contribution in [-0.4, -0.2) is 28.3 Å². The lowest BCUT2D eigenvalue weighted by Gasteiger charge is -2.29. The van der Waals surface area contributed by atoms with Crippen LogP contribution in [0.5, 0.6) is 0 Å². The Labute approximate surface area is 115 Å². The Balaban J connectivity index is 1.82. The number of rotatable bonds is 6. The van der Waals surface area contributed by atoms with Crippen LogP contribution in [0.3, 0.4) is 0 Å². The average molecular weight is 263 g/mol. The SMILES string of the molecule is CCCn1ccnc1C(NCC)C1CC2CCC1O2. The molecule has 0 saturated carbocycles. The van der Waals surface area contributed by atoms with Gasteiger partial charge in [-0.15, -0.1) is 0 Å². The molecule has 2 bridgehead atoms. The third kappa shape index (κ3) is 2.43. The molecule has 2 aliphatic rings. The first kappa shape index (κ1) is 13.1. The van der Waals surface area contributed by atoms with Crippen LogP contribution in [0.4, 0.5) is 0 Å². The first-order valence-electron chi connectivity index (χ1n) is 7.73. The van der Waals surface area contributed by atoms with Gasteiger partial charge in [-0.05, 0) is 32.2 Å². The molecule has 0 aromatic carbocycles. The number of ether oxygens (including phenoxy) is 1. The molecule has 1 aromatic rings. The summed E-state index contributed by atoms with van der Waals surface area (Å²) in [6, 6.07) is 0.349. The minimum absolute atomic E-state index is 0.349. The van der Waals surface area contributed by atoms with Gasteiger partial charge < -0.3 is 14.6 Å². The van der Waals surface area contributed by atoms with E-state index in [2.05, 4.69) is 34.9 Å². The highest BCUT2D eigenvalue weighted by atomic mass is 16.5. The van der Waals surface area contributed by atoms with E-state index in [1.54, 1.807) is 0 Å². The van der Waals surface area contributed by atoms with Crippen LogP contribution in [0.1, 0.15) is 51.4 Å². The number of nitrogens with one attached hydrogen (secondary N) is 1.